The lowest BCUT2D eigenvalue weighted by molar-refractivity contribution is 0.261. The maximum atomic E-state index is 14.1. The second kappa shape index (κ2) is 5.13. The van der Waals surface area contributed by atoms with E-state index in [0.29, 0.717) is 29.5 Å². The summed E-state index contributed by atoms with van der Waals surface area (Å²) in [4.78, 5) is 3.02. The smallest absolute Gasteiger partial charge is 0.150 e. The molecule has 2 aromatic carbocycles. The molecule has 0 spiro atoms. The predicted octanol–water partition coefficient (Wildman–Crippen LogP) is 4.27. The summed E-state index contributed by atoms with van der Waals surface area (Å²) in [6, 6.07) is 6.57. The first-order chi connectivity index (χ1) is 11.1. The van der Waals surface area contributed by atoms with Crippen LogP contribution in [0, 0.1) is 17.5 Å². The Bertz CT molecular complexity index is 916. The lowest BCUT2D eigenvalue weighted by Crippen LogP contribution is -2.04. The first-order valence-corrected chi connectivity index (χ1v) is 7.48. The van der Waals surface area contributed by atoms with E-state index in [1.54, 1.807) is 6.07 Å². The molecule has 0 saturated carbocycles. The predicted molar refractivity (Wildman–Crippen MR) is 81.8 cm³/mol. The lowest BCUT2D eigenvalue weighted by Gasteiger charge is -2.12. The molecule has 0 aliphatic heterocycles. The monoisotopic (exact) mass is 317 g/mol. The second-order valence-corrected chi connectivity index (χ2v) is 5.94. The van der Waals surface area contributed by atoms with E-state index in [0.717, 1.165) is 17.2 Å². The topological polar surface area (TPSA) is 36.0 Å². The Balaban J connectivity index is 2.10. The number of hydrogen-bond acceptors (Lipinski definition) is 1. The fourth-order valence-electron chi connectivity index (χ4n) is 3.55. The second-order valence-electron chi connectivity index (χ2n) is 5.94. The summed E-state index contributed by atoms with van der Waals surface area (Å²) in [6.07, 6.45) is 1.19. The Labute approximate surface area is 130 Å². The van der Waals surface area contributed by atoms with E-state index in [-0.39, 0.29) is 23.9 Å². The van der Waals surface area contributed by atoms with Crippen molar-refractivity contribution in [2.75, 3.05) is 6.61 Å². The van der Waals surface area contributed by atoms with Gasteiger partial charge in [-0.2, -0.15) is 0 Å². The molecule has 23 heavy (non-hydrogen) atoms. The number of nitrogens with one attached hydrogen (secondary N) is 1. The van der Waals surface area contributed by atoms with Crippen LogP contribution in [-0.4, -0.2) is 16.7 Å². The average Bonchev–Trinajstić information content (AvgIpc) is 2.80. The summed E-state index contributed by atoms with van der Waals surface area (Å²) in [5.41, 5.74) is 3.12. The molecule has 0 amide bonds. The Morgan fingerprint density at radius 2 is 1.91 bits per heavy atom. The highest BCUT2D eigenvalue weighted by atomic mass is 19.1. The first kappa shape index (κ1) is 14.3. The van der Waals surface area contributed by atoms with Crippen molar-refractivity contribution in [2.45, 2.75) is 18.8 Å². The molecule has 1 atom stereocenters. The van der Waals surface area contributed by atoms with Crippen LogP contribution in [0.25, 0.3) is 22.2 Å². The van der Waals surface area contributed by atoms with E-state index in [1.807, 2.05) is 0 Å². The van der Waals surface area contributed by atoms with Crippen LogP contribution in [-0.2, 0) is 6.42 Å². The Morgan fingerprint density at radius 1 is 1.09 bits per heavy atom. The molecule has 118 valence electrons. The summed E-state index contributed by atoms with van der Waals surface area (Å²) in [5.74, 6) is -1.91. The van der Waals surface area contributed by atoms with Crippen molar-refractivity contribution in [1.82, 2.24) is 4.98 Å². The van der Waals surface area contributed by atoms with E-state index in [9.17, 15) is 18.3 Å². The Morgan fingerprint density at radius 3 is 2.70 bits per heavy atom. The molecule has 1 unspecified atom stereocenters. The van der Waals surface area contributed by atoms with Gasteiger partial charge in [0.25, 0.3) is 0 Å². The zero-order valence-corrected chi connectivity index (χ0v) is 12.2. The third kappa shape index (κ3) is 2.15. The number of aliphatic hydroxyl groups is 1. The number of fused-ring (bicyclic) bond motifs is 5. The molecule has 0 fully saturated rings. The van der Waals surface area contributed by atoms with Gasteiger partial charge in [-0.15, -0.1) is 0 Å². The summed E-state index contributed by atoms with van der Waals surface area (Å²) in [6.45, 7) is -0.130. The van der Waals surface area contributed by atoms with Crippen molar-refractivity contribution in [3.63, 3.8) is 0 Å². The molecular formula is C18H14F3NO. The zero-order valence-electron chi connectivity index (χ0n) is 12.2. The fourth-order valence-corrected chi connectivity index (χ4v) is 3.55. The van der Waals surface area contributed by atoms with Gasteiger partial charge in [0, 0.05) is 22.9 Å². The molecule has 3 aromatic rings. The quantitative estimate of drug-likeness (QED) is 0.691. The van der Waals surface area contributed by atoms with E-state index in [2.05, 4.69) is 4.98 Å². The maximum absolute atomic E-state index is 14.1. The number of aliphatic hydroxyl groups excluding tert-OH is 1. The molecular weight excluding hydrogens is 303 g/mol. The summed E-state index contributed by atoms with van der Waals surface area (Å²) in [5, 5.41) is 10.2. The van der Waals surface area contributed by atoms with Gasteiger partial charge >= 0.3 is 0 Å². The number of hydrogen-bond donors (Lipinski definition) is 2. The first-order valence-electron chi connectivity index (χ1n) is 7.48. The highest BCUT2D eigenvalue weighted by molar-refractivity contribution is 5.92. The van der Waals surface area contributed by atoms with Crippen LogP contribution >= 0.6 is 0 Å². The molecule has 1 aliphatic carbocycles. The number of H-pyrrole nitrogens is 1. The highest BCUT2D eigenvalue weighted by Crippen LogP contribution is 2.42. The molecule has 1 aliphatic rings. The van der Waals surface area contributed by atoms with Gasteiger partial charge in [-0.3, -0.25) is 0 Å². The molecule has 0 radical (unpaired) electrons. The van der Waals surface area contributed by atoms with Gasteiger partial charge in [0.1, 0.15) is 17.5 Å². The number of aromatic nitrogens is 1. The molecule has 2 nitrogen and oxygen atoms in total. The van der Waals surface area contributed by atoms with Crippen molar-refractivity contribution in [1.29, 1.82) is 0 Å². The number of aromatic amines is 1. The van der Waals surface area contributed by atoms with E-state index >= 15 is 0 Å². The van der Waals surface area contributed by atoms with Gasteiger partial charge in [-0.1, -0.05) is 0 Å². The van der Waals surface area contributed by atoms with Gasteiger partial charge in [0.2, 0.25) is 0 Å². The van der Waals surface area contributed by atoms with E-state index < -0.39 is 11.6 Å². The van der Waals surface area contributed by atoms with Gasteiger partial charge in [-0.05, 0) is 48.2 Å². The van der Waals surface area contributed by atoms with Crippen LogP contribution in [0.1, 0.15) is 23.5 Å². The van der Waals surface area contributed by atoms with Crippen LogP contribution in [0.4, 0.5) is 13.2 Å². The van der Waals surface area contributed by atoms with Crippen molar-refractivity contribution in [3.8, 4) is 11.3 Å². The van der Waals surface area contributed by atoms with Gasteiger partial charge < -0.3 is 10.1 Å². The van der Waals surface area contributed by atoms with Crippen LogP contribution in [0.15, 0.2) is 30.3 Å². The maximum Gasteiger partial charge on any atom is 0.150 e. The molecule has 1 heterocycles. The van der Waals surface area contributed by atoms with Crippen LogP contribution in [0.5, 0.6) is 0 Å². The number of rotatable bonds is 1. The van der Waals surface area contributed by atoms with Crippen molar-refractivity contribution in [3.05, 3.63) is 58.9 Å². The molecule has 2 N–H and O–H groups in total. The Hall–Kier alpha value is -2.27. The summed E-state index contributed by atoms with van der Waals surface area (Å²) < 4.78 is 41.3. The normalized spacial score (nSPS) is 17.0. The molecule has 4 rings (SSSR count). The van der Waals surface area contributed by atoms with Crippen LogP contribution in [0.2, 0.25) is 0 Å². The third-order valence-corrected chi connectivity index (χ3v) is 4.59. The minimum Gasteiger partial charge on any atom is -0.396 e. The van der Waals surface area contributed by atoms with E-state index in [1.165, 1.54) is 18.2 Å². The third-order valence-electron chi connectivity index (χ3n) is 4.59. The van der Waals surface area contributed by atoms with Crippen molar-refractivity contribution < 1.29 is 18.3 Å². The Kier molecular flexibility index (Phi) is 3.20. The number of halogens is 3. The largest absolute Gasteiger partial charge is 0.396 e. The summed E-state index contributed by atoms with van der Waals surface area (Å²) in [7, 11) is 0. The minimum atomic E-state index is -0.673. The average molecular weight is 317 g/mol. The molecule has 1 aromatic heterocycles. The van der Waals surface area contributed by atoms with Gasteiger partial charge in [0.05, 0.1) is 17.8 Å². The minimum absolute atomic E-state index is 0.130. The fraction of sp³-hybridized carbons (Fsp3) is 0.222. The zero-order chi connectivity index (χ0) is 16.1. The van der Waals surface area contributed by atoms with Crippen molar-refractivity contribution in [2.24, 2.45) is 0 Å². The summed E-state index contributed by atoms with van der Waals surface area (Å²) >= 11 is 0. The molecule has 0 saturated heterocycles. The standard InChI is InChI=1S/C18H14F3NO/c19-11-3-4-13-9(5-11)1-2-10(8-23)16-14-6-12(20)7-15(21)17(14)22-18(13)16/h3-7,10,22-23H,1-2,8H2. The van der Waals surface area contributed by atoms with E-state index in [4.69, 9.17) is 0 Å². The highest BCUT2D eigenvalue weighted by Gasteiger charge is 2.27. The number of aryl methyl sites for hydroxylation is 1. The van der Waals surface area contributed by atoms with Crippen LogP contribution in [0.3, 0.4) is 0 Å². The van der Waals surface area contributed by atoms with Gasteiger partial charge in [0.15, 0.2) is 0 Å². The van der Waals surface area contributed by atoms with Crippen LogP contribution < -0.4 is 0 Å². The van der Waals surface area contributed by atoms with Gasteiger partial charge in [-0.25, -0.2) is 13.2 Å². The SMILES string of the molecule is OCC1CCc2cc(F)ccc2-c2[nH]c3c(F)cc(F)cc3c21. The lowest BCUT2D eigenvalue weighted by atomic mass is 9.93. The van der Waals surface area contributed by atoms with Crippen molar-refractivity contribution >= 4 is 10.9 Å². The number of benzene rings is 2. The molecule has 5 heteroatoms. The molecule has 0 bridgehead atoms.